The first kappa shape index (κ1) is 18.9. The van der Waals surface area contributed by atoms with Crippen molar-refractivity contribution in [2.75, 3.05) is 20.8 Å². The molecule has 0 aliphatic carbocycles. The number of aliphatic carboxylic acids is 1. The standard InChI is InChI=1S/C11H20O9/c1-19-4-7(20-2)9(15)10(16)8(14)5(12)3-6(13)11(17)18/h5,7-10,12,14-16H,3-4H2,1-2H3,(H,17,18)/t5-,7+,8+,9+,10+/m0/s1. The predicted molar refractivity (Wildman–Crippen MR) is 64.0 cm³/mol. The van der Waals surface area contributed by atoms with Gasteiger partial charge in [-0.3, -0.25) is 4.79 Å². The maximum atomic E-state index is 10.9. The SMILES string of the molecule is COC[C@@H](OC)[C@@H](O)[C@H](O)[C@H](O)[C@@H](O)CC(=O)C(=O)O. The van der Waals surface area contributed by atoms with E-state index in [4.69, 9.17) is 14.6 Å². The fourth-order valence-electron chi connectivity index (χ4n) is 1.52. The fraction of sp³-hybridized carbons (Fsp3) is 0.818. The monoisotopic (exact) mass is 296 g/mol. The molecule has 9 nitrogen and oxygen atoms in total. The lowest BCUT2D eigenvalue weighted by Gasteiger charge is -2.30. The van der Waals surface area contributed by atoms with E-state index in [1.165, 1.54) is 14.2 Å². The predicted octanol–water partition coefficient (Wildman–Crippen LogP) is -2.86. The average Bonchev–Trinajstić information content (AvgIpc) is 2.41. The van der Waals surface area contributed by atoms with Crippen LogP contribution in [0.2, 0.25) is 0 Å². The Bertz CT molecular complexity index is 319. The van der Waals surface area contributed by atoms with E-state index in [2.05, 4.69) is 0 Å². The molecule has 0 saturated carbocycles. The number of rotatable bonds is 10. The molecule has 0 saturated heterocycles. The van der Waals surface area contributed by atoms with Crippen molar-refractivity contribution < 1.29 is 44.6 Å². The van der Waals surface area contributed by atoms with Crippen LogP contribution < -0.4 is 0 Å². The number of carboxylic acid groups (broad SMARTS) is 1. The topological polar surface area (TPSA) is 154 Å². The van der Waals surface area contributed by atoms with E-state index in [0.717, 1.165) is 0 Å². The minimum absolute atomic E-state index is 0.0778. The van der Waals surface area contributed by atoms with Gasteiger partial charge in [-0.1, -0.05) is 0 Å². The molecule has 0 amide bonds. The highest BCUT2D eigenvalue weighted by Gasteiger charge is 2.36. The Balaban J connectivity index is 4.61. The Morgan fingerprint density at radius 2 is 1.55 bits per heavy atom. The molecule has 0 aromatic carbocycles. The molecule has 0 aliphatic heterocycles. The van der Waals surface area contributed by atoms with E-state index in [1.54, 1.807) is 0 Å². The lowest BCUT2D eigenvalue weighted by atomic mass is 9.96. The minimum atomic E-state index is -1.91. The van der Waals surface area contributed by atoms with Crippen molar-refractivity contribution in [3.05, 3.63) is 0 Å². The Morgan fingerprint density at radius 1 is 1.00 bits per heavy atom. The van der Waals surface area contributed by atoms with E-state index in [-0.39, 0.29) is 6.61 Å². The van der Waals surface area contributed by atoms with Crippen molar-refractivity contribution in [2.45, 2.75) is 36.9 Å². The molecule has 0 radical (unpaired) electrons. The van der Waals surface area contributed by atoms with Gasteiger partial charge in [0.2, 0.25) is 5.78 Å². The number of methoxy groups -OCH3 is 2. The van der Waals surface area contributed by atoms with Crippen LogP contribution in [0.5, 0.6) is 0 Å². The largest absolute Gasteiger partial charge is 0.475 e. The average molecular weight is 296 g/mol. The van der Waals surface area contributed by atoms with E-state index < -0.39 is 48.7 Å². The van der Waals surface area contributed by atoms with Crippen molar-refractivity contribution in [3.8, 4) is 0 Å². The summed E-state index contributed by atoms with van der Waals surface area (Å²) in [6, 6.07) is 0. The van der Waals surface area contributed by atoms with Crippen LogP contribution in [0.3, 0.4) is 0 Å². The zero-order valence-corrected chi connectivity index (χ0v) is 11.2. The van der Waals surface area contributed by atoms with Crippen LogP contribution in [-0.2, 0) is 19.1 Å². The first-order valence-electron chi connectivity index (χ1n) is 5.76. The van der Waals surface area contributed by atoms with Gasteiger partial charge in [0.05, 0.1) is 12.7 Å². The maximum Gasteiger partial charge on any atom is 0.372 e. The molecule has 0 unspecified atom stereocenters. The van der Waals surface area contributed by atoms with Crippen LogP contribution in [-0.4, -0.2) is 88.6 Å². The first-order valence-corrected chi connectivity index (χ1v) is 5.76. The molecule has 0 aliphatic rings. The van der Waals surface area contributed by atoms with Crippen molar-refractivity contribution in [1.82, 2.24) is 0 Å². The van der Waals surface area contributed by atoms with E-state index in [9.17, 15) is 30.0 Å². The number of aliphatic hydroxyl groups excluding tert-OH is 4. The summed E-state index contributed by atoms with van der Waals surface area (Å²) < 4.78 is 9.56. The zero-order valence-electron chi connectivity index (χ0n) is 11.2. The highest BCUT2D eigenvalue weighted by atomic mass is 16.5. The van der Waals surface area contributed by atoms with Crippen molar-refractivity contribution in [3.63, 3.8) is 0 Å². The summed E-state index contributed by atoms with van der Waals surface area (Å²) in [5.41, 5.74) is 0. The Morgan fingerprint density at radius 3 is 1.95 bits per heavy atom. The van der Waals surface area contributed by atoms with Crippen LogP contribution in [0.1, 0.15) is 6.42 Å². The molecule has 0 bridgehead atoms. The molecular weight excluding hydrogens is 276 g/mol. The first-order chi connectivity index (χ1) is 9.26. The third-order valence-electron chi connectivity index (χ3n) is 2.74. The van der Waals surface area contributed by atoms with Gasteiger partial charge in [0, 0.05) is 20.6 Å². The van der Waals surface area contributed by atoms with Gasteiger partial charge in [0.1, 0.15) is 24.4 Å². The number of ether oxygens (including phenoxy) is 2. The van der Waals surface area contributed by atoms with Crippen molar-refractivity contribution >= 4 is 11.8 Å². The van der Waals surface area contributed by atoms with E-state index >= 15 is 0 Å². The fourth-order valence-corrected chi connectivity index (χ4v) is 1.52. The second kappa shape index (κ2) is 8.95. The second-order valence-corrected chi connectivity index (χ2v) is 4.20. The number of carbonyl (C=O) groups excluding carboxylic acids is 1. The van der Waals surface area contributed by atoms with Gasteiger partial charge >= 0.3 is 5.97 Å². The maximum absolute atomic E-state index is 10.9. The van der Waals surface area contributed by atoms with Crippen LogP contribution in [0, 0.1) is 0 Å². The third kappa shape index (κ3) is 5.49. The number of carboxylic acids is 1. The van der Waals surface area contributed by atoms with Gasteiger partial charge in [0.25, 0.3) is 0 Å². The number of Topliss-reactive ketones (excluding diaryl/α,β-unsaturated/α-hetero) is 1. The summed E-state index contributed by atoms with van der Waals surface area (Å²) in [5.74, 6) is -3.08. The summed E-state index contributed by atoms with van der Waals surface area (Å²) in [6.07, 6.45) is -9.03. The van der Waals surface area contributed by atoms with Gasteiger partial charge in [-0.05, 0) is 0 Å². The van der Waals surface area contributed by atoms with Gasteiger partial charge < -0.3 is 35.0 Å². The van der Waals surface area contributed by atoms with E-state index in [0.29, 0.717) is 0 Å². The molecule has 0 aromatic heterocycles. The van der Waals surface area contributed by atoms with E-state index in [1.807, 2.05) is 0 Å². The zero-order chi connectivity index (χ0) is 15.9. The van der Waals surface area contributed by atoms with Gasteiger partial charge in [-0.2, -0.15) is 0 Å². The molecular formula is C11H20O9. The Labute approximate surface area is 115 Å². The normalized spacial score (nSPS) is 18.9. The molecule has 20 heavy (non-hydrogen) atoms. The molecule has 0 aromatic rings. The van der Waals surface area contributed by atoms with Gasteiger partial charge in [-0.15, -0.1) is 0 Å². The van der Waals surface area contributed by atoms with Crippen LogP contribution in [0.4, 0.5) is 0 Å². The highest BCUT2D eigenvalue weighted by molar-refractivity contribution is 6.32. The number of hydrogen-bond acceptors (Lipinski definition) is 8. The summed E-state index contributed by atoms with van der Waals surface area (Å²) in [7, 11) is 2.58. The van der Waals surface area contributed by atoms with Gasteiger partial charge in [0.15, 0.2) is 0 Å². The summed E-state index contributed by atoms with van der Waals surface area (Å²) in [5, 5.41) is 46.9. The molecule has 0 fully saturated rings. The molecule has 118 valence electrons. The number of ketones is 1. The summed E-state index contributed by atoms with van der Waals surface area (Å²) >= 11 is 0. The van der Waals surface area contributed by atoms with Gasteiger partial charge in [-0.25, -0.2) is 4.79 Å². The molecule has 0 spiro atoms. The van der Waals surface area contributed by atoms with Crippen LogP contribution in [0.15, 0.2) is 0 Å². The third-order valence-corrected chi connectivity index (χ3v) is 2.74. The Hall–Kier alpha value is -1.10. The number of hydrogen-bond donors (Lipinski definition) is 5. The number of aliphatic hydroxyl groups is 4. The van der Waals surface area contributed by atoms with Crippen molar-refractivity contribution in [2.24, 2.45) is 0 Å². The summed E-state index contributed by atoms with van der Waals surface area (Å²) in [6.45, 7) is -0.0778. The smallest absolute Gasteiger partial charge is 0.372 e. The second-order valence-electron chi connectivity index (χ2n) is 4.20. The molecule has 0 rings (SSSR count). The molecule has 5 N–H and O–H groups in total. The minimum Gasteiger partial charge on any atom is -0.475 e. The summed E-state index contributed by atoms with van der Waals surface area (Å²) in [4.78, 5) is 21.2. The quantitative estimate of drug-likeness (QED) is 0.268. The lowest BCUT2D eigenvalue weighted by molar-refractivity contribution is -0.158. The van der Waals surface area contributed by atoms with Crippen LogP contribution in [0.25, 0.3) is 0 Å². The Kier molecular flexibility index (Phi) is 8.46. The highest BCUT2D eigenvalue weighted by Crippen LogP contribution is 2.13. The number of carbonyl (C=O) groups is 2. The molecule has 9 heteroatoms. The van der Waals surface area contributed by atoms with Crippen LogP contribution >= 0.6 is 0 Å². The lowest BCUT2D eigenvalue weighted by Crippen LogP contribution is -2.51. The molecule has 0 heterocycles. The molecule has 5 atom stereocenters. The van der Waals surface area contributed by atoms with Crippen molar-refractivity contribution in [1.29, 1.82) is 0 Å².